The number of urea groups is 1. The third-order valence-corrected chi connectivity index (χ3v) is 3.89. The zero-order valence-corrected chi connectivity index (χ0v) is 13.4. The number of fused-ring (bicyclic) bond motifs is 1. The van der Waals surface area contributed by atoms with Crippen molar-refractivity contribution in [2.45, 2.75) is 26.2 Å². The first kappa shape index (κ1) is 15.3. The van der Waals surface area contributed by atoms with E-state index in [4.69, 9.17) is 0 Å². The van der Waals surface area contributed by atoms with Gasteiger partial charge in [-0.1, -0.05) is 18.2 Å². The molecule has 0 unspecified atom stereocenters. The van der Waals surface area contributed by atoms with Gasteiger partial charge in [0.1, 0.15) is 5.82 Å². The molecular formula is C18H22N4O. The van der Waals surface area contributed by atoms with Gasteiger partial charge in [-0.05, 0) is 49.1 Å². The predicted molar refractivity (Wildman–Crippen MR) is 93.0 cm³/mol. The lowest BCUT2D eigenvalue weighted by Crippen LogP contribution is -2.30. The first-order chi connectivity index (χ1) is 11.2. The Bertz CT molecular complexity index is 699. The molecule has 0 spiro atoms. The summed E-state index contributed by atoms with van der Waals surface area (Å²) in [6.45, 7) is 3.54. The fourth-order valence-corrected chi connectivity index (χ4v) is 2.71. The lowest BCUT2D eigenvalue weighted by atomic mass is 10.1. The molecule has 0 bridgehead atoms. The molecule has 120 valence electrons. The summed E-state index contributed by atoms with van der Waals surface area (Å²) in [6.07, 6.45) is 2.97. The molecule has 2 amide bonds. The third kappa shape index (κ3) is 4.22. The van der Waals surface area contributed by atoms with Gasteiger partial charge in [0.25, 0.3) is 0 Å². The van der Waals surface area contributed by atoms with E-state index in [9.17, 15) is 4.79 Å². The average molecular weight is 310 g/mol. The molecule has 0 saturated carbocycles. The number of rotatable bonds is 4. The number of hydrogen-bond donors (Lipinski definition) is 3. The second-order valence-electron chi connectivity index (χ2n) is 5.84. The number of nitrogens with zero attached hydrogens (tertiary/aromatic N) is 1. The molecule has 23 heavy (non-hydrogen) atoms. The Balaban J connectivity index is 1.48. The molecule has 1 aromatic carbocycles. The van der Waals surface area contributed by atoms with Gasteiger partial charge in [0.15, 0.2) is 0 Å². The van der Waals surface area contributed by atoms with Crippen molar-refractivity contribution in [3.63, 3.8) is 0 Å². The largest absolute Gasteiger partial charge is 0.370 e. The van der Waals surface area contributed by atoms with Crippen LogP contribution < -0.4 is 16.0 Å². The van der Waals surface area contributed by atoms with Crippen LogP contribution in [0.4, 0.5) is 16.3 Å². The summed E-state index contributed by atoms with van der Waals surface area (Å²) >= 11 is 0. The maximum absolute atomic E-state index is 11.9. The van der Waals surface area contributed by atoms with Crippen molar-refractivity contribution in [2.75, 3.05) is 23.7 Å². The van der Waals surface area contributed by atoms with Gasteiger partial charge in [-0.25, -0.2) is 9.78 Å². The molecule has 0 radical (unpaired) electrons. The van der Waals surface area contributed by atoms with Crippen LogP contribution in [0.15, 0.2) is 36.4 Å². The molecular weight excluding hydrogens is 288 g/mol. The molecule has 2 aromatic rings. The highest BCUT2D eigenvalue weighted by Gasteiger charge is 2.10. The summed E-state index contributed by atoms with van der Waals surface area (Å²) in [6, 6.07) is 11.7. The van der Waals surface area contributed by atoms with E-state index < -0.39 is 0 Å². The van der Waals surface area contributed by atoms with Gasteiger partial charge in [-0.15, -0.1) is 0 Å². The van der Waals surface area contributed by atoms with Gasteiger partial charge < -0.3 is 16.0 Å². The molecule has 2 heterocycles. The molecule has 1 aliphatic rings. The molecule has 5 heteroatoms. The molecule has 5 nitrogen and oxygen atoms in total. The van der Waals surface area contributed by atoms with Crippen molar-refractivity contribution in [1.29, 1.82) is 0 Å². The maximum atomic E-state index is 11.9. The maximum Gasteiger partial charge on any atom is 0.319 e. The van der Waals surface area contributed by atoms with Crippen molar-refractivity contribution < 1.29 is 4.79 Å². The number of pyridine rings is 1. The fraction of sp³-hybridized carbons (Fsp3) is 0.333. The summed E-state index contributed by atoms with van der Waals surface area (Å²) in [4.78, 5) is 16.5. The Morgan fingerprint density at radius 1 is 1.30 bits per heavy atom. The van der Waals surface area contributed by atoms with Crippen LogP contribution in [0.2, 0.25) is 0 Å². The van der Waals surface area contributed by atoms with Crippen LogP contribution in [-0.2, 0) is 12.8 Å². The van der Waals surface area contributed by atoms with Crippen LogP contribution in [0.3, 0.4) is 0 Å². The number of aromatic nitrogens is 1. The topological polar surface area (TPSA) is 66.0 Å². The Labute approximate surface area is 136 Å². The van der Waals surface area contributed by atoms with Gasteiger partial charge in [0, 0.05) is 30.9 Å². The van der Waals surface area contributed by atoms with Crippen molar-refractivity contribution >= 4 is 17.5 Å². The molecule has 1 aromatic heterocycles. The van der Waals surface area contributed by atoms with E-state index in [-0.39, 0.29) is 6.03 Å². The Hall–Kier alpha value is -2.56. The SMILES string of the molecule is Cc1cccc(NC(=O)NCCc2ccc3c(n2)NCCC3)c1. The summed E-state index contributed by atoms with van der Waals surface area (Å²) in [5.41, 5.74) is 4.20. The minimum atomic E-state index is -0.188. The number of carbonyl (C=O) groups is 1. The normalized spacial score (nSPS) is 12.9. The Kier molecular flexibility index (Phi) is 4.76. The molecule has 0 aliphatic carbocycles. The predicted octanol–water partition coefficient (Wildman–Crippen LogP) is 3.11. The van der Waals surface area contributed by atoms with E-state index in [2.05, 4.69) is 27.0 Å². The summed E-state index contributed by atoms with van der Waals surface area (Å²) in [7, 11) is 0. The number of aryl methyl sites for hydroxylation is 2. The lowest BCUT2D eigenvalue weighted by molar-refractivity contribution is 0.252. The Morgan fingerprint density at radius 3 is 3.09 bits per heavy atom. The van der Waals surface area contributed by atoms with Crippen molar-refractivity contribution in [3.8, 4) is 0 Å². The minimum absolute atomic E-state index is 0.188. The standard InChI is InChI=1S/C18H22N4O/c1-13-4-2-6-16(12-13)22-18(23)20-11-9-15-8-7-14-5-3-10-19-17(14)21-15/h2,4,6-8,12H,3,5,9-11H2,1H3,(H,19,21)(H2,20,22,23). The Morgan fingerprint density at radius 2 is 2.22 bits per heavy atom. The van der Waals surface area contributed by atoms with Gasteiger partial charge >= 0.3 is 6.03 Å². The van der Waals surface area contributed by atoms with E-state index in [1.165, 1.54) is 5.56 Å². The van der Waals surface area contributed by atoms with E-state index in [0.717, 1.165) is 48.6 Å². The van der Waals surface area contributed by atoms with E-state index >= 15 is 0 Å². The van der Waals surface area contributed by atoms with E-state index in [0.29, 0.717) is 6.54 Å². The number of amides is 2. The molecule has 0 fully saturated rings. The zero-order chi connectivity index (χ0) is 16.1. The van der Waals surface area contributed by atoms with Crippen molar-refractivity contribution in [2.24, 2.45) is 0 Å². The van der Waals surface area contributed by atoms with Crippen LogP contribution in [0.25, 0.3) is 0 Å². The minimum Gasteiger partial charge on any atom is -0.370 e. The van der Waals surface area contributed by atoms with Crippen LogP contribution in [0.5, 0.6) is 0 Å². The smallest absolute Gasteiger partial charge is 0.319 e. The highest BCUT2D eigenvalue weighted by atomic mass is 16.2. The second kappa shape index (κ2) is 7.13. The van der Waals surface area contributed by atoms with Gasteiger partial charge in [-0.3, -0.25) is 0 Å². The van der Waals surface area contributed by atoms with Gasteiger partial charge in [0.2, 0.25) is 0 Å². The van der Waals surface area contributed by atoms with Crippen LogP contribution in [0.1, 0.15) is 23.2 Å². The van der Waals surface area contributed by atoms with Gasteiger partial charge in [-0.2, -0.15) is 0 Å². The van der Waals surface area contributed by atoms with Crippen LogP contribution in [-0.4, -0.2) is 24.1 Å². The lowest BCUT2D eigenvalue weighted by Gasteiger charge is -2.17. The fourth-order valence-electron chi connectivity index (χ4n) is 2.71. The van der Waals surface area contributed by atoms with E-state index in [1.807, 2.05) is 37.3 Å². The average Bonchev–Trinajstić information content (AvgIpc) is 2.55. The summed E-state index contributed by atoms with van der Waals surface area (Å²) in [5, 5.41) is 9.03. The molecule has 0 atom stereocenters. The van der Waals surface area contributed by atoms with Crippen LogP contribution in [0, 0.1) is 6.92 Å². The van der Waals surface area contributed by atoms with Crippen molar-refractivity contribution in [1.82, 2.24) is 10.3 Å². The van der Waals surface area contributed by atoms with Gasteiger partial charge in [0.05, 0.1) is 0 Å². The van der Waals surface area contributed by atoms with E-state index in [1.54, 1.807) is 0 Å². The number of benzene rings is 1. The number of anilines is 2. The first-order valence-corrected chi connectivity index (χ1v) is 8.05. The zero-order valence-electron chi connectivity index (χ0n) is 13.4. The molecule has 1 aliphatic heterocycles. The molecule has 3 rings (SSSR count). The van der Waals surface area contributed by atoms with Crippen molar-refractivity contribution in [3.05, 3.63) is 53.2 Å². The highest BCUT2D eigenvalue weighted by molar-refractivity contribution is 5.89. The summed E-state index contributed by atoms with van der Waals surface area (Å²) in [5.74, 6) is 0.998. The summed E-state index contributed by atoms with van der Waals surface area (Å²) < 4.78 is 0. The number of nitrogens with one attached hydrogen (secondary N) is 3. The second-order valence-corrected chi connectivity index (χ2v) is 5.84. The molecule has 3 N–H and O–H groups in total. The number of carbonyl (C=O) groups excluding carboxylic acids is 1. The highest BCUT2D eigenvalue weighted by Crippen LogP contribution is 2.19. The first-order valence-electron chi connectivity index (χ1n) is 8.05. The molecule has 0 saturated heterocycles. The monoisotopic (exact) mass is 310 g/mol. The third-order valence-electron chi connectivity index (χ3n) is 3.89. The van der Waals surface area contributed by atoms with Crippen LogP contribution >= 0.6 is 0 Å². The quantitative estimate of drug-likeness (QED) is 0.813. The number of hydrogen-bond acceptors (Lipinski definition) is 3.